The Morgan fingerprint density at radius 1 is 1.47 bits per heavy atom. The number of aliphatic hydroxyl groups is 1. The summed E-state index contributed by atoms with van der Waals surface area (Å²) in [6, 6.07) is 4.69. The molecule has 0 saturated heterocycles. The van der Waals surface area contributed by atoms with E-state index in [0.717, 1.165) is 24.7 Å². The Hall–Kier alpha value is -1.09. The van der Waals surface area contributed by atoms with E-state index in [-0.39, 0.29) is 5.82 Å². The van der Waals surface area contributed by atoms with Crippen molar-refractivity contribution in [3.05, 3.63) is 29.6 Å². The van der Waals surface area contributed by atoms with Crippen molar-refractivity contribution in [2.24, 2.45) is 5.92 Å². The van der Waals surface area contributed by atoms with Gasteiger partial charge in [0.15, 0.2) is 0 Å². The summed E-state index contributed by atoms with van der Waals surface area (Å²) in [5.41, 5.74) is 1.66. The zero-order chi connectivity index (χ0) is 12.4. The van der Waals surface area contributed by atoms with E-state index < -0.39 is 6.10 Å². The fourth-order valence-corrected chi connectivity index (χ4v) is 2.16. The lowest BCUT2D eigenvalue weighted by Crippen LogP contribution is -2.26. The van der Waals surface area contributed by atoms with Crippen LogP contribution in [0.4, 0.5) is 10.1 Å². The number of aliphatic hydroxyl groups excluding tert-OH is 1. The Labute approximate surface area is 102 Å². The molecule has 1 N–H and O–H groups in total. The van der Waals surface area contributed by atoms with Crippen LogP contribution < -0.4 is 4.90 Å². The molecular weight excluding hydrogens is 217 g/mol. The zero-order valence-electron chi connectivity index (χ0n) is 10.5. The summed E-state index contributed by atoms with van der Waals surface area (Å²) in [6.07, 6.45) is 1.96. The predicted molar refractivity (Wildman–Crippen MR) is 67.6 cm³/mol. The molecule has 0 bridgehead atoms. The van der Waals surface area contributed by atoms with Crippen LogP contribution in [0.1, 0.15) is 38.4 Å². The van der Waals surface area contributed by atoms with Crippen molar-refractivity contribution in [2.45, 2.75) is 32.8 Å². The lowest BCUT2D eigenvalue weighted by Gasteiger charge is -2.26. The van der Waals surface area contributed by atoms with Crippen molar-refractivity contribution in [2.75, 3.05) is 18.0 Å². The maximum absolute atomic E-state index is 13.2. The number of anilines is 1. The van der Waals surface area contributed by atoms with Gasteiger partial charge in [0, 0.05) is 24.3 Å². The lowest BCUT2D eigenvalue weighted by atomic mass is 10.1. The number of halogens is 1. The molecule has 0 unspecified atom stereocenters. The molecule has 1 fully saturated rings. The highest BCUT2D eigenvalue weighted by Gasteiger charge is 2.25. The van der Waals surface area contributed by atoms with Gasteiger partial charge in [-0.2, -0.15) is 0 Å². The van der Waals surface area contributed by atoms with Crippen molar-refractivity contribution in [3.8, 4) is 0 Å². The lowest BCUT2D eigenvalue weighted by molar-refractivity contribution is 0.199. The molecule has 0 aromatic heterocycles. The first kappa shape index (κ1) is 12.4. The van der Waals surface area contributed by atoms with E-state index >= 15 is 0 Å². The monoisotopic (exact) mass is 237 g/mol. The molecule has 17 heavy (non-hydrogen) atoms. The second kappa shape index (κ2) is 5.05. The average Bonchev–Trinajstić information content (AvgIpc) is 3.10. The number of rotatable bonds is 5. The topological polar surface area (TPSA) is 23.5 Å². The Kier molecular flexibility index (Phi) is 3.67. The van der Waals surface area contributed by atoms with E-state index in [1.165, 1.54) is 25.0 Å². The van der Waals surface area contributed by atoms with Crippen LogP contribution in [0.3, 0.4) is 0 Å². The first-order chi connectivity index (χ1) is 8.11. The summed E-state index contributed by atoms with van der Waals surface area (Å²) in [5, 5.41) is 9.73. The third-order valence-corrected chi connectivity index (χ3v) is 3.34. The predicted octanol–water partition coefficient (Wildman–Crippen LogP) is 3.12. The number of benzene rings is 1. The van der Waals surface area contributed by atoms with E-state index in [1.54, 1.807) is 13.0 Å². The molecule has 1 atom stereocenters. The highest BCUT2D eigenvalue weighted by molar-refractivity contribution is 5.54. The normalized spacial score (nSPS) is 16.9. The molecule has 2 rings (SSSR count). The number of hydrogen-bond donors (Lipinski definition) is 1. The second-order valence-electron chi connectivity index (χ2n) is 4.86. The second-order valence-corrected chi connectivity index (χ2v) is 4.86. The minimum Gasteiger partial charge on any atom is -0.389 e. The highest BCUT2D eigenvalue weighted by atomic mass is 19.1. The Morgan fingerprint density at radius 2 is 2.18 bits per heavy atom. The maximum atomic E-state index is 13.2. The summed E-state index contributed by atoms with van der Waals surface area (Å²) in [7, 11) is 0. The third kappa shape index (κ3) is 2.97. The van der Waals surface area contributed by atoms with Gasteiger partial charge in [-0.05, 0) is 50.8 Å². The van der Waals surface area contributed by atoms with E-state index in [4.69, 9.17) is 0 Å². The molecule has 0 spiro atoms. The van der Waals surface area contributed by atoms with E-state index in [0.29, 0.717) is 5.56 Å². The van der Waals surface area contributed by atoms with Gasteiger partial charge < -0.3 is 10.0 Å². The van der Waals surface area contributed by atoms with Gasteiger partial charge in [-0.15, -0.1) is 0 Å². The van der Waals surface area contributed by atoms with Crippen LogP contribution in [0, 0.1) is 11.7 Å². The molecule has 3 heteroatoms. The fourth-order valence-electron chi connectivity index (χ4n) is 2.16. The van der Waals surface area contributed by atoms with Crippen LogP contribution in [-0.2, 0) is 0 Å². The van der Waals surface area contributed by atoms with Crippen molar-refractivity contribution in [1.29, 1.82) is 0 Å². The van der Waals surface area contributed by atoms with Gasteiger partial charge >= 0.3 is 0 Å². The summed E-state index contributed by atoms with van der Waals surface area (Å²) in [5.74, 6) is 0.494. The standard InChI is InChI=1S/C14H20FNO/c1-3-16(9-11-4-5-11)14-7-6-12(15)8-13(14)10(2)17/h6-8,10-11,17H,3-5,9H2,1-2H3/t10-/m1/s1. The minimum atomic E-state index is -0.631. The molecular formula is C14H20FNO. The molecule has 0 radical (unpaired) electrons. The minimum absolute atomic E-state index is 0.285. The average molecular weight is 237 g/mol. The van der Waals surface area contributed by atoms with Crippen molar-refractivity contribution in [3.63, 3.8) is 0 Å². The zero-order valence-corrected chi connectivity index (χ0v) is 10.5. The van der Waals surface area contributed by atoms with Crippen LogP contribution in [0.2, 0.25) is 0 Å². The van der Waals surface area contributed by atoms with Gasteiger partial charge in [0.05, 0.1) is 6.10 Å². The number of hydrogen-bond acceptors (Lipinski definition) is 2. The smallest absolute Gasteiger partial charge is 0.123 e. The molecule has 0 heterocycles. The summed E-state index contributed by atoms with van der Waals surface area (Å²) < 4.78 is 13.2. The summed E-state index contributed by atoms with van der Waals surface area (Å²) >= 11 is 0. The molecule has 1 aliphatic rings. The van der Waals surface area contributed by atoms with Gasteiger partial charge in [0.1, 0.15) is 5.82 Å². The largest absolute Gasteiger partial charge is 0.389 e. The Bertz CT molecular complexity index is 388. The molecule has 1 aromatic carbocycles. The number of nitrogens with zero attached hydrogens (tertiary/aromatic N) is 1. The first-order valence-corrected chi connectivity index (χ1v) is 6.34. The van der Waals surface area contributed by atoms with E-state index in [1.807, 2.05) is 0 Å². The van der Waals surface area contributed by atoms with Crippen molar-refractivity contribution >= 4 is 5.69 Å². The van der Waals surface area contributed by atoms with E-state index in [2.05, 4.69) is 11.8 Å². The molecule has 1 aliphatic carbocycles. The SMILES string of the molecule is CCN(CC1CC1)c1ccc(F)cc1[C@@H](C)O. The van der Waals surface area contributed by atoms with Gasteiger partial charge in [-0.25, -0.2) is 4.39 Å². The molecule has 94 valence electrons. The van der Waals surface area contributed by atoms with E-state index in [9.17, 15) is 9.50 Å². The fraction of sp³-hybridized carbons (Fsp3) is 0.571. The quantitative estimate of drug-likeness (QED) is 0.850. The van der Waals surface area contributed by atoms with Crippen LogP contribution in [-0.4, -0.2) is 18.2 Å². The summed E-state index contributed by atoms with van der Waals surface area (Å²) in [4.78, 5) is 2.24. The molecule has 1 saturated carbocycles. The Morgan fingerprint density at radius 3 is 2.71 bits per heavy atom. The van der Waals surface area contributed by atoms with Crippen LogP contribution in [0.25, 0.3) is 0 Å². The van der Waals surface area contributed by atoms with Gasteiger partial charge in [-0.3, -0.25) is 0 Å². The maximum Gasteiger partial charge on any atom is 0.123 e. The molecule has 1 aromatic rings. The first-order valence-electron chi connectivity index (χ1n) is 6.34. The van der Waals surface area contributed by atoms with Crippen molar-refractivity contribution < 1.29 is 9.50 Å². The summed E-state index contributed by atoms with van der Waals surface area (Å²) in [6.45, 7) is 5.69. The van der Waals surface area contributed by atoms with Gasteiger partial charge in [0.25, 0.3) is 0 Å². The van der Waals surface area contributed by atoms with Gasteiger partial charge in [0.2, 0.25) is 0 Å². The van der Waals surface area contributed by atoms with Crippen molar-refractivity contribution in [1.82, 2.24) is 0 Å². The van der Waals surface area contributed by atoms with Crippen LogP contribution >= 0.6 is 0 Å². The third-order valence-electron chi connectivity index (χ3n) is 3.34. The van der Waals surface area contributed by atoms with Gasteiger partial charge in [-0.1, -0.05) is 0 Å². The van der Waals surface area contributed by atoms with Crippen LogP contribution in [0.5, 0.6) is 0 Å². The molecule has 0 amide bonds. The molecule has 2 nitrogen and oxygen atoms in total. The Balaban J connectivity index is 2.27. The molecule has 0 aliphatic heterocycles. The highest BCUT2D eigenvalue weighted by Crippen LogP contribution is 2.34. The van der Waals surface area contributed by atoms with Crippen LogP contribution in [0.15, 0.2) is 18.2 Å².